The van der Waals surface area contributed by atoms with Crippen LogP contribution < -0.4 is 10.6 Å². The van der Waals surface area contributed by atoms with Crippen molar-refractivity contribution in [1.29, 1.82) is 0 Å². The van der Waals surface area contributed by atoms with E-state index in [-0.39, 0.29) is 29.3 Å². The number of pyridine rings is 1. The van der Waals surface area contributed by atoms with Crippen molar-refractivity contribution >= 4 is 40.8 Å². The van der Waals surface area contributed by atoms with Gasteiger partial charge in [0.05, 0.1) is 11.4 Å². The van der Waals surface area contributed by atoms with E-state index in [1.807, 2.05) is 20.8 Å². The van der Waals surface area contributed by atoms with Crippen molar-refractivity contribution in [2.24, 2.45) is 0 Å². The van der Waals surface area contributed by atoms with Crippen molar-refractivity contribution in [2.75, 3.05) is 5.32 Å². The van der Waals surface area contributed by atoms with Gasteiger partial charge in [0.15, 0.2) is 0 Å². The summed E-state index contributed by atoms with van der Waals surface area (Å²) >= 11 is 11.6. The van der Waals surface area contributed by atoms with Crippen LogP contribution in [0.25, 0.3) is 11.1 Å². The van der Waals surface area contributed by atoms with Gasteiger partial charge in [0, 0.05) is 16.8 Å². The van der Waals surface area contributed by atoms with E-state index in [1.54, 1.807) is 13.0 Å². The number of anilines is 1. The summed E-state index contributed by atoms with van der Waals surface area (Å²) in [5.41, 5.74) is 3.10. The Bertz CT molecular complexity index is 1210. The summed E-state index contributed by atoms with van der Waals surface area (Å²) in [5, 5.41) is 16.2. The van der Waals surface area contributed by atoms with Gasteiger partial charge in [-0.2, -0.15) is 9.49 Å². The molecule has 36 heavy (non-hydrogen) atoms. The number of hydrogen-bond donors (Lipinski definition) is 3. The number of aromatic amines is 1. The first kappa shape index (κ1) is 27.6. The lowest BCUT2D eigenvalue weighted by atomic mass is 10.0. The molecule has 0 aliphatic heterocycles. The fourth-order valence-electron chi connectivity index (χ4n) is 3.81. The van der Waals surface area contributed by atoms with E-state index in [2.05, 4.69) is 31.0 Å². The van der Waals surface area contributed by atoms with E-state index in [9.17, 15) is 14.0 Å². The Morgan fingerprint density at radius 2 is 1.97 bits per heavy atom. The average molecular weight is 539 g/mol. The summed E-state index contributed by atoms with van der Waals surface area (Å²) in [4.78, 5) is 29.3. The van der Waals surface area contributed by atoms with Crippen LogP contribution in [0.2, 0.25) is 0 Å². The molecule has 9 nitrogen and oxygen atoms in total. The third-order valence-corrected chi connectivity index (χ3v) is 6.09. The number of aromatic nitrogens is 4. The zero-order valence-corrected chi connectivity index (χ0v) is 22.0. The van der Waals surface area contributed by atoms with Crippen LogP contribution in [0.1, 0.15) is 73.4 Å². The van der Waals surface area contributed by atoms with E-state index >= 15 is 0 Å². The van der Waals surface area contributed by atoms with Crippen LogP contribution in [0.15, 0.2) is 22.9 Å². The fraction of sp³-hybridized carbons (Fsp3) is 0.458. The smallest absolute Gasteiger partial charge is 0.257 e. The lowest BCUT2D eigenvalue weighted by Crippen LogP contribution is -2.44. The first-order chi connectivity index (χ1) is 17.1. The highest BCUT2D eigenvalue weighted by atomic mass is 35.5. The van der Waals surface area contributed by atoms with Gasteiger partial charge in [0.2, 0.25) is 11.9 Å². The maximum absolute atomic E-state index is 14.9. The Hall–Kier alpha value is -2.98. The molecule has 0 saturated heterocycles. The van der Waals surface area contributed by atoms with E-state index < -0.39 is 28.6 Å². The Labute approximate surface area is 218 Å². The molecule has 0 aliphatic carbocycles. The van der Waals surface area contributed by atoms with E-state index in [1.165, 1.54) is 12.3 Å². The van der Waals surface area contributed by atoms with Crippen molar-refractivity contribution in [1.82, 2.24) is 25.7 Å². The SMILES string of the molecule is CCc1n[nH]c(C)c1-c1ccc(NC(=O)C(CCCC(Cl)Cl)NC(=O)c2conc2C(C)C)nc1F. The molecule has 0 bridgehead atoms. The molecule has 3 aromatic heterocycles. The molecule has 2 amide bonds. The van der Waals surface area contributed by atoms with Crippen molar-refractivity contribution in [3.05, 3.63) is 47.0 Å². The zero-order valence-electron chi connectivity index (χ0n) is 20.5. The highest BCUT2D eigenvalue weighted by Gasteiger charge is 2.26. The number of nitrogens with zero attached hydrogens (tertiary/aromatic N) is 3. The molecule has 0 spiro atoms. The summed E-state index contributed by atoms with van der Waals surface area (Å²) in [5.74, 6) is -1.85. The molecule has 3 heterocycles. The summed E-state index contributed by atoms with van der Waals surface area (Å²) in [6.07, 6.45) is 3.01. The van der Waals surface area contributed by atoms with Gasteiger partial charge in [-0.3, -0.25) is 14.7 Å². The van der Waals surface area contributed by atoms with Gasteiger partial charge < -0.3 is 15.2 Å². The third kappa shape index (κ3) is 6.61. The maximum atomic E-state index is 14.9. The summed E-state index contributed by atoms with van der Waals surface area (Å²) < 4.78 is 19.9. The summed E-state index contributed by atoms with van der Waals surface area (Å²) in [6.45, 7) is 7.47. The van der Waals surface area contributed by atoms with Crippen molar-refractivity contribution in [3.8, 4) is 11.1 Å². The summed E-state index contributed by atoms with van der Waals surface area (Å²) in [6, 6.07) is 2.10. The van der Waals surface area contributed by atoms with Crippen LogP contribution in [0.5, 0.6) is 0 Å². The normalized spacial score (nSPS) is 12.2. The molecule has 3 aromatic rings. The minimum Gasteiger partial charge on any atom is -0.364 e. The first-order valence-electron chi connectivity index (χ1n) is 11.7. The molecule has 0 radical (unpaired) electrons. The fourth-order valence-corrected chi connectivity index (χ4v) is 4.12. The van der Waals surface area contributed by atoms with Crippen LogP contribution in [0.4, 0.5) is 10.2 Å². The predicted molar refractivity (Wildman–Crippen MR) is 136 cm³/mol. The predicted octanol–water partition coefficient (Wildman–Crippen LogP) is 5.30. The minimum absolute atomic E-state index is 0.0140. The Kier molecular flexibility index (Phi) is 9.44. The molecular weight excluding hydrogens is 510 g/mol. The van der Waals surface area contributed by atoms with Gasteiger partial charge in [-0.25, -0.2) is 4.98 Å². The van der Waals surface area contributed by atoms with Gasteiger partial charge in [-0.05, 0) is 50.7 Å². The molecule has 1 unspecified atom stereocenters. The van der Waals surface area contributed by atoms with E-state index in [4.69, 9.17) is 27.7 Å². The first-order valence-corrected chi connectivity index (χ1v) is 12.5. The third-order valence-electron chi connectivity index (χ3n) is 5.65. The number of carbonyl (C=O) groups is 2. The lowest BCUT2D eigenvalue weighted by molar-refractivity contribution is -0.118. The Morgan fingerprint density at radius 3 is 2.61 bits per heavy atom. The molecule has 12 heteroatoms. The molecule has 0 saturated carbocycles. The van der Waals surface area contributed by atoms with Gasteiger partial charge >= 0.3 is 0 Å². The molecule has 1 atom stereocenters. The molecule has 3 rings (SSSR count). The van der Waals surface area contributed by atoms with Crippen LogP contribution in [0, 0.1) is 12.9 Å². The van der Waals surface area contributed by atoms with Crippen molar-refractivity contribution in [3.63, 3.8) is 0 Å². The number of rotatable bonds is 11. The number of H-pyrrole nitrogens is 1. The monoisotopic (exact) mass is 538 g/mol. The molecule has 0 aliphatic rings. The molecule has 3 N–H and O–H groups in total. The van der Waals surface area contributed by atoms with Crippen LogP contribution >= 0.6 is 23.2 Å². The number of amides is 2. The number of hydrogen-bond acceptors (Lipinski definition) is 6. The molecule has 194 valence electrons. The Balaban J connectivity index is 1.78. The largest absolute Gasteiger partial charge is 0.364 e. The Morgan fingerprint density at radius 1 is 1.22 bits per heavy atom. The second-order valence-electron chi connectivity index (χ2n) is 8.66. The average Bonchev–Trinajstić information content (AvgIpc) is 3.45. The van der Waals surface area contributed by atoms with Gasteiger partial charge in [0.1, 0.15) is 28.5 Å². The molecular formula is C24H29Cl2FN6O3. The molecule has 0 aromatic carbocycles. The van der Waals surface area contributed by atoms with Crippen LogP contribution in [-0.4, -0.2) is 43.0 Å². The second kappa shape index (κ2) is 12.3. The van der Waals surface area contributed by atoms with Crippen molar-refractivity contribution in [2.45, 2.75) is 70.2 Å². The van der Waals surface area contributed by atoms with Crippen LogP contribution in [0.3, 0.4) is 0 Å². The quantitative estimate of drug-likeness (QED) is 0.224. The highest BCUT2D eigenvalue weighted by Crippen LogP contribution is 2.29. The molecule has 0 fully saturated rings. The number of carbonyl (C=O) groups excluding carboxylic acids is 2. The van der Waals surface area contributed by atoms with Crippen molar-refractivity contribution < 1.29 is 18.5 Å². The standard InChI is InChI=1S/C24H29Cl2FN6O3/c1-5-16-20(13(4)31-32-16)14-9-10-19(29-22(14)27)30-24(35)17(7-6-8-18(25)26)28-23(34)15-11-36-33-21(15)12(2)3/h9-12,17-18H,5-8H2,1-4H3,(H,28,34)(H,31,32)(H,29,30,35). The van der Waals surface area contributed by atoms with Gasteiger partial charge in [0.25, 0.3) is 5.91 Å². The topological polar surface area (TPSA) is 126 Å². The van der Waals surface area contributed by atoms with E-state index in [0.717, 1.165) is 11.4 Å². The number of nitrogens with one attached hydrogen (secondary N) is 3. The summed E-state index contributed by atoms with van der Waals surface area (Å²) in [7, 11) is 0. The van der Waals surface area contributed by atoms with Gasteiger partial charge in [-0.1, -0.05) is 25.9 Å². The van der Waals surface area contributed by atoms with Crippen LogP contribution in [-0.2, 0) is 11.2 Å². The number of alkyl halides is 2. The maximum Gasteiger partial charge on any atom is 0.257 e. The second-order valence-corrected chi connectivity index (χ2v) is 9.94. The van der Waals surface area contributed by atoms with E-state index in [0.29, 0.717) is 30.5 Å². The zero-order chi connectivity index (χ0) is 26.4. The minimum atomic E-state index is -0.952. The number of aryl methyl sites for hydroxylation is 2. The lowest BCUT2D eigenvalue weighted by Gasteiger charge is -2.19. The number of halogens is 3. The van der Waals surface area contributed by atoms with Gasteiger partial charge in [-0.15, -0.1) is 23.2 Å². The highest BCUT2D eigenvalue weighted by molar-refractivity contribution is 6.44.